The van der Waals surface area contributed by atoms with Gasteiger partial charge in [0.05, 0.1) is 0 Å². The van der Waals surface area contributed by atoms with Gasteiger partial charge in [-0.05, 0) is 0 Å². The minimum atomic E-state index is 1.22. The minimum absolute atomic E-state index is 1.22. The first-order valence-electron chi connectivity index (χ1n) is 8.75. The molecule has 6 aromatic carbocycles. The van der Waals surface area contributed by atoms with Crippen LogP contribution in [0.3, 0.4) is 0 Å². The van der Waals surface area contributed by atoms with Gasteiger partial charge in [0.2, 0.25) is 0 Å². The molecule has 0 unspecified atom stereocenters. The number of rotatable bonds is 1. The van der Waals surface area contributed by atoms with Gasteiger partial charge in [0.1, 0.15) is 0 Å². The average Bonchev–Trinajstić information content (AvgIpc) is 2.66. The van der Waals surface area contributed by atoms with Gasteiger partial charge in [-0.25, -0.2) is 0 Å². The summed E-state index contributed by atoms with van der Waals surface area (Å²) in [4.78, 5) is 0. The number of hydrogen-bond donors (Lipinski definition) is 0. The molecule has 0 fully saturated rings. The molecule has 0 aliphatic rings. The van der Waals surface area contributed by atoms with Crippen LogP contribution in [0.25, 0.3) is 53.9 Å². The van der Waals surface area contributed by atoms with Crippen LogP contribution < -0.4 is 5.46 Å². The van der Waals surface area contributed by atoms with Crippen molar-refractivity contribution in [1.82, 2.24) is 0 Å². The van der Waals surface area contributed by atoms with E-state index in [1.807, 2.05) is 6.92 Å². The second kappa shape index (κ2) is 4.37. The van der Waals surface area contributed by atoms with Crippen molar-refractivity contribution < 1.29 is 0 Å². The molecule has 0 radical (unpaired) electrons. The molecule has 0 aliphatic carbocycles. The molecule has 0 aliphatic heterocycles. The number of fused-ring (bicyclic) bond motifs is 1. The predicted molar refractivity (Wildman–Crippen MR) is 114 cm³/mol. The average molecular weight is 314 g/mol. The number of aryl methyl sites for hydroxylation is 1. The Bertz CT molecular complexity index is 1450. The van der Waals surface area contributed by atoms with Crippen molar-refractivity contribution in [3.8, 4) is 0 Å². The summed E-state index contributed by atoms with van der Waals surface area (Å²) in [6.45, 7) is 8.32. The molecular formula is C24H15B. The van der Waals surface area contributed by atoms with Gasteiger partial charge in [0, 0.05) is 0 Å². The molecule has 0 heterocycles. The predicted octanol–water partition coefficient (Wildman–Crippen LogP) is 5.40. The van der Waals surface area contributed by atoms with Crippen LogP contribution in [0.2, 0.25) is 0 Å². The first-order valence-corrected chi connectivity index (χ1v) is 8.75. The van der Waals surface area contributed by atoms with E-state index in [1.54, 1.807) is 0 Å². The Kier molecular flexibility index (Phi) is 2.34. The summed E-state index contributed by atoms with van der Waals surface area (Å²) >= 11 is 0. The molecule has 1 heteroatoms. The van der Waals surface area contributed by atoms with Gasteiger partial charge in [0.25, 0.3) is 0 Å². The fraction of sp³-hybridized carbons (Fsp3) is 0.0417. The maximum atomic E-state index is 4.09. The molecule has 6 aromatic rings. The Labute approximate surface area is 146 Å². The second-order valence-electron chi connectivity index (χ2n) is 7.08. The molecule has 0 nitrogen and oxygen atoms in total. The van der Waals surface area contributed by atoms with Crippen LogP contribution >= 0.6 is 0 Å². The normalized spacial score (nSPS) is 12.2. The van der Waals surface area contributed by atoms with E-state index in [2.05, 4.69) is 74.1 Å². The van der Waals surface area contributed by atoms with E-state index in [9.17, 15) is 0 Å². The van der Waals surface area contributed by atoms with Gasteiger partial charge in [-0.2, -0.15) is 0 Å². The van der Waals surface area contributed by atoms with Crippen LogP contribution in [-0.4, -0.2) is 13.4 Å². The van der Waals surface area contributed by atoms with Crippen LogP contribution in [0, 0.1) is 6.92 Å². The van der Waals surface area contributed by atoms with Crippen LogP contribution in [0.5, 0.6) is 0 Å². The number of benzene rings is 6. The van der Waals surface area contributed by atoms with Gasteiger partial charge in [-0.15, -0.1) is 0 Å². The molecular weight excluding hydrogens is 299 g/mol. The van der Waals surface area contributed by atoms with Crippen molar-refractivity contribution in [3.05, 3.63) is 66.2 Å². The van der Waals surface area contributed by atoms with Crippen LogP contribution in [0.15, 0.2) is 60.7 Å². The Morgan fingerprint density at radius 1 is 0.520 bits per heavy atom. The Morgan fingerprint density at radius 3 is 1.44 bits per heavy atom. The van der Waals surface area contributed by atoms with Crippen molar-refractivity contribution in [3.63, 3.8) is 0 Å². The molecule has 0 amide bonds. The first-order chi connectivity index (χ1) is 12.3. The van der Waals surface area contributed by atoms with Crippen molar-refractivity contribution >= 4 is 72.7 Å². The van der Waals surface area contributed by atoms with E-state index < -0.39 is 0 Å². The van der Waals surface area contributed by atoms with E-state index >= 15 is 0 Å². The fourth-order valence-corrected chi connectivity index (χ4v) is 4.75. The van der Waals surface area contributed by atoms with Crippen molar-refractivity contribution in [2.75, 3.05) is 0 Å². The third-order valence-electron chi connectivity index (χ3n) is 5.84. The van der Waals surface area contributed by atoms with Crippen molar-refractivity contribution in [2.45, 2.75) is 6.92 Å². The van der Waals surface area contributed by atoms with E-state index in [1.165, 1.54) is 64.9 Å². The Balaban J connectivity index is 2.20. The molecule has 114 valence electrons. The van der Waals surface area contributed by atoms with Gasteiger partial charge < -0.3 is 0 Å². The monoisotopic (exact) mass is 314 g/mol. The van der Waals surface area contributed by atoms with Crippen molar-refractivity contribution in [2.24, 2.45) is 0 Å². The SMILES string of the molecule is C=Bc1ccc2ccc3ccc4ccc5ccc(C)c6c1c2c3c4c56. The molecule has 0 saturated heterocycles. The summed E-state index contributed by atoms with van der Waals surface area (Å²) in [6.07, 6.45) is 0. The maximum absolute atomic E-state index is 4.09. The Hall–Kier alpha value is -2.93. The van der Waals surface area contributed by atoms with E-state index in [0.29, 0.717) is 0 Å². The first kappa shape index (κ1) is 13.4. The van der Waals surface area contributed by atoms with Crippen molar-refractivity contribution in [1.29, 1.82) is 0 Å². The van der Waals surface area contributed by atoms with Gasteiger partial charge in [-0.1, -0.05) is 0 Å². The van der Waals surface area contributed by atoms with Crippen LogP contribution in [0.4, 0.5) is 0 Å². The van der Waals surface area contributed by atoms with E-state index in [4.69, 9.17) is 0 Å². The third kappa shape index (κ3) is 1.48. The standard InChI is InChI=1S/C24H15B/c1-13-3-4-14-5-6-15-7-8-16-9-10-17-11-12-18(25-2)24-19(13)20(14)21(15)22(16)23(17)24/h3-12H,2H2,1H3. The summed E-state index contributed by atoms with van der Waals surface area (Å²) < 4.78 is 0. The molecule has 0 atom stereocenters. The zero-order valence-corrected chi connectivity index (χ0v) is 14.1. The molecule has 0 saturated carbocycles. The van der Waals surface area contributed by atoms with E-state index in [0.717, 1.165) is 0 Å². The molecule has 25 heavy (non-hydrogen) atoms. The summed E-state index contributed by atoms with van der Waals surface area (Å²) in [5, 5.41) is 13.6. The van der Waals surface area contributed by atoms with Gasteiger partial charge >= 0.3 is 146 Å². The molecule has 0 bridgehead atoms. The zero-order valence-electron chi connectivity index (χ0n) is 14.1. The topological polar surface area (TPSA) is 0 Å². The summed E-state index contributed by atoms with van der Waals surface area (Å²) in [6, 6.07) is 22.5. The van der Waals surface area contributed by atoms with Gasteiger partial charge in [0.15, 0.2) is 0 Å². The summed E-state index contributed by atoms with van der Waals surface area (Å²) in [5.41, 5.74) is 2.56. The Morgan fingerprint density at radius 2 is 0.920 bits per heavy atom. The van der Waals surface area contributed by atoms with Crippen LogP contribution in [-0.2, 0) is 0 Å². The number of hydrogen-bond acceptors (Lipinski definition) is 0. The quantitative estimate of drug-likeness (QED) is 0.217. The summed E-state index contributed by atoms with van der Waals surface area (Å²) in [5.74, 6) is 0. The zero-order chi connectivity index (χ0) is 16.7. The molecule has 0 spiro atoms. The summed E-state index contributed by atoms with van der Waals surface area (Å²) in [7, 11) is 0. The molecule has 6 rings (SSSR count). The third-order valence-corrected chi connectivity index (χ3v) is 5.84. The van der Waals surface area contributed by atoms with E-state index in [-0.39, 0.29) is 0 Å². The second-order valence-corrected chi connectivity index (χ2v) is 7.08. The van der Waals surface area contributed by atoms with Gasteiger partial charge in [-0.3, -0.25) is 0 Å². The van der Waals surface area contributed by atoms with Crippen LogP contribution in [0.1, 0.15) is 5.56 Å². The molecule has 0 N–H and O–H groups in total. The fourth-order valence-electron chi connectivity index (χ4n) is 4.75. The molecule has 0 aromatic heterocycles.